The van der Waals surface area contributed by atoms with Gasteiger partial charge in [-0.3, -0.25) is 9.89 Å². The summed E-state index contributed by atoms with van der Waals surface area (Å²) in [5, 5.41) is 9.92. The number of amides is 1. The Morgan fingerprint density at radius 1 is 1.21 bits per heavy atom. The van der Waals surface area contributed by atoms with Crippen LogP contribution >= 0.6 is 0 Å². The van der Waals surface area contributed by atoms with Gasteiger partial charge in [0.15, 0.2) is 0 Å². The van der Waals surface area contributed by atoms with E-state index in [2.05, 4.69) is 15.5 Å². The number of hydrogen-bond donors (Lipinski definition) is 2. The highest BCUT2D eigenvalue weighted by Gasteiger charge is 2.30. The average Bonchev–Trinajstić information content (AvgIpc) is 2.71. The summed E-state index contributed by atoms with van der Waals surface area (Å²) in [4.78, 5) is 12.5. The topological polar surface area (TPSA) is 57.8 Å². The second kappa shape index (κ2) is 4.88. The summed E-state index contributed by atoms with van der Waals surface area (Å²) in [5.41, 5.74) is 2.85. The van der Waals surface area contributed by atoms with Crippen LogP contribution < -0.4 is 5.32 Å². The van der Waals surface area contributed by atoms with Crippen LogP contribution in [0.25, 0.3) is 0 Å². The molecule has 1 heterocycles. The molecule has 0 unspecified atom stereocenters. The number of nitrogens with one attached hydrogen (secondary N) is 2. The van der Waals surface area contributed by atoms with Crippen LogP contribution in [-0.4, -0.2) is 16.1 Å². The standard InChI is InChI=1S/C15H19N3O/c1-10-13(11(2)18-17-10)16-14(19)15(3,4)12-8-6-5-7-9-12/h5-9H,1-4H3,(H,16,19)(H,17,18). The Labute approximate surface area is 113 Å². The molecule has 2 rings (SSSR count). The summed E-state index contributed by atoms with van der Waals surface area (Å²) in [6.07, 6.45) is 0. The summed E-state index contributed by atoms with van der Waals surface area (Å²) in [7, 11) is 0. The Hall–Kier alpha value is -2.10. The van der Waals surface area contributed by atoms with Crippen molar-refractivity contribution in [1.82, 2.24) is 10.2 Å². The lowest BCUT2D eigenvalue weighted by molar-refractivity contribution is -0.120. The Bertz CT molecular complexity index is 565. The van der Waals surface area contributed by atoms with Crippen molar-refractivity contribution in [1.29, 1.82) is 0 Å². The Balaban J connectivity index is 2.25. The molecule has 100 valence electrons. The summed E-state index contributed by atoms with van der Waals surface area (Å²) < 4.78 is 0. The number of anilines is 1. The molecule has 4 heteroatoms. The fourth-order valence-corrected chi connectivity index (χ4v) is 1.99. The van der Waals surface area contributed by atoms with Gasteiger partial charge in [0.2, 0.25) is 5.91 Å². The number of aromatic amines is 1. The van der Waals surface area contributed by atoms with Crippen molar-refractivity contribution in [3.63, 3.8) is 0 Å². The van der Waals surface area contributed by atoms with Crippen molar-refractivity contribution in [3.05, 3.63) is 47.3 Å². The number of H-pyrrole nitrogens is 1. The molecular formula is C15H19N3O. The first-order chi connectivity index (χ1) is 8.93. The second-order valence-electron chi connectivity index (χ2n) is 5.25. The summed E-state index contributed by atoms with van der Waals surface area (Å²) in [6, 6.07) is 9.77. The number of carbonyl (C=O) groups is 1. The van der Waals surface area contributed by atoms with Gasteiger partial charge in [0.05, 0.1) is 22.5 Å². The molecule has 0 saturated carbocycles. The molecule has 0 fully saturated rings. The van der Waals surface area contributed by atoms with Crippen LogP contribution in [0.5, 0.6) is 0 Å². The minimum Gasteiger partial charge on any atom is -0.322 e. The van der Waals surface area contributed by atoms with Crippen LogP contribution in [0.2, 0.25) is 0 Å². The number of nitrogens with zero attached hydrogens (tertiary/aromatic N) is 1. The molecule has 0 atom stereocenters. The van der Waals surface area contributed by atoms with E-state index in [1.54, 1.807) is 0 Å². The Kier molecular flexibility index (Phi) is 3.42. The fourth-order valence-electron chi connectivity index (χ4n) is 1.99. The number of hydrogen-bond acceptors (Lipinski definition) is 2. The molecule has 0 spiro atoms. The maximum Gasteiger partial charge on any atom is 0.234 e. The third-order valence-corrected chi connectivity index (χ3v) is 3.43. The SMILES string of the molecule is Cc1n[nH]c(C)c1NC(=O)C(C)(C)c1ccccc1. The van der Waals surface area contributed by atoms with Gasteiger partial charge in [-0.05, 0) is 33.3 Å². The monoisotopic (exact) mass is 257 g/mol. The van der Waals surface area contributed by atoms with Crippen molar-refractivity contribution >= 4 is 11.6 Å². The van der Waals surface area contributed by atoms with Gasteiger partial charge in [-0.15, -0.1) is 0 Å². The highest BCUT2D eigenvalue weighted by Crippen LogP contribution is 2.26. The van der Waals surface area contributed by atoms with E-state index in [4.69, 9.17) is 0 Å². The van der Waals surface area contributed by atoms with Crippen molar-refractivity contribution in [2.45, 2.75) is 33.1 Å². The minimum absolute atomic E-state index is 0.0358. The first-order valence-electron chi connectivity index (χ1n) is 6.31. The van der Waals surface area contributed by atoms with Crippen LogP contribution in [0.15, 0.2) is 30.3 Å². The first-order valence-corrected chi connectivity index (χ1v) is 6.31. The smallest absolute Gasteiger partial charge is 0.234 e. The van der Waals surface area contributed by atoms with Gasteiger partial charge in [-0.1, -0.05) is 30.3 Å². The molecule has 0 radical (unpaired) electrons. The van der Waals surface area contributed by atoms with Crippen LogP contribution in [0.4, 0.5) is 5.69 Å². The summed E-state index contributed by atoms with van der Waals surface area (Å²) >= 11 is 0. The second-order valence-corrected chi connectivity index (χ2v) is 5.25. The van der Waals surface area contributed by atoms with E-state index in [0.717, 1.165) is 22.6 Å². The molecule has 1 aromatic carbocycles. The zero-order valence-corrected chi connectivity index (χ0v) is 11.7. The molecule has 4 nitrogen and oxygen atoms in total. The summed E-state index contributed by atoms with van der Waals surface area (Å²) in [5.74, 6) is -0.0358. The lowest BCUT2D eigenvalue weighted by Gasteiger charge is -2.24. The van der Waals surface area contributed by atoms with Crippen molar-refractivity contribution in [3.8, 4) is 0 Å². The number of rotatable bonds is 3. The lowest BCUT2D eigenvalue weighted by Crippen LogP contribution is -2.35. The predicted octanol–water partition coefficient (Wildman–Crippen LogP) is 2.94. The lowest BCUT2D eigenvalue weighted by atomic mass is 9.83. The van der Waals surface area contributed by atoms with Crippen LogP contribution in [0.3, 0.4) is 0 Å². The molecular weight excluding hydrogens is 238 g/mol. The average molecular weight is 257 g/mol. The van der Waals surface area contributed by atoms with E-state index in [1.807, 2.05) is 58.0 Å². The quantitative estimate of drug-likeness (QED) is 0.888. The van der Waals surface area contributed by atoms with Gasteiger partial charge in [0, 0.05) is 0 Å². The maximum absolute atomic E-state index is 12.5. The first kappa shape index (κ1) is 13.3. The van der Waals surface area contributed by atoms with Gasteiger partial charge >= 0.3 is 0 Å². The van der Waals surface area contributed by atoms with Gasteiger partial charge in [-0.2, -0.15) is 5.10 Å². The molecule has 19 heavy (non-hydrogen) atoms. The number of benzene rings is 1. The van der Waals surface area contributed by atoms with Crippen molar-refractivity contribution < 1.29 is 4.79 Å². The third-order valence-electron chi connectivity index (χ3n) is 3.43. The van der Waals surface area contributed by atoms with Gasteiger partial charge < -0.3 is 5.32 Å². The molecule has 1 amide bonds. The minimum atomic E-state index is -0.586. The Morgan fingerprint density at radius 3 is 2.37 bits per heavy atom. The van der Waals surface area contributed by atoms with E-state index in [9.17, 15) is 4.79 Å². The van der Waals surface area contributed by atoms with E-state index >= 15 is 0 Å². The normalized spacial score (nSPS) is 11.4. The van der Waals surface area contributed by atoms with Crippen LogP contribution in [0.1, 0.15) is 30.8 Å². The van der Waals surface area contributed by atoms with Crippen LogP contribution in [-0.2, 0) is 10.2 Å². The number of carbonyl (C=O) groups excluding carboxylic acids is 1. The predicted molar refractivity (Wildman–Crippen MR) is 76.2 cm³/mol. The highest BCUT2D eigenvalue weighted by atomic mass is 16.2. The molecule has 0 saturated heterocycles. The van der Waals surface area contributed by atoms with E-state index < -0.39 is 5.41 Å². The van der Waals surface area contributed by atoms with E-state index in [-0.39, 0.29) is 5.91 Å². The van der Waals surface area contributed by atoms with Gasteiger partial charge in [-0.25, -0.2) is 0 Å². The van der Waals surface area contributed by atoms with E-state index in [1.165, 1.54) is 0 Å². The Morgan fingerprint density at radius 2 is 1.84 bits per heavy atom. The molecule has 0 bridgehead atoms. The zero-order valence-electron chi connectivity index (χ0n) is 11.7. The molecule has 0 aliphatic carbocycles. The maximum atomic E-state index is 12.5. The third kappa shape index (κ3) is 2.52. The highest BCUT2D eigenvalue weighted by molar-refractivity contribution is 5.99. The van der Waals surface area contributed by atoms with Crippen LogP contribution in [0, 0.1) is 13.8 Å². The van der Waals surface area contributed by atoms with E-state index in [0.29, 0.717) is 0 Å². The van der Waals surface area contributed by atoms with Gasteiger partial charge in [0.25, 0.3) is 0 Å². The van der Waals surface area contributed by atoms with Crippen molar-refractivity contribution in [2.24, 2.45) is 0 Å². The zero-order chi connectivity index (χ0) is 14.0. The largest absolute Gasteiger partial charge is 0.322 e. The number of aryl methyl sites for hydroxylation is 2. The summed E-state index contributed by atoms with van der Waals surface area (Å²) in [6.45, 7) is 7.60. The molecule has 0 aliphatic heterocycles. The molecule has 2 aromatic rings. The molecule has 1 aromatic heterocycles. The molecule has 2 N–H and O–H groups in total. The van der Waals surface area contributed by atoms with Gasteiger partial charge in [0.1, 0.15) is 0 Å². The number of aromatic nitrogens is 2. The molecule has 0 aliphatic rings. The fraction of sp³-hybridized carbons (Fsp3) is 0.333. The van der Waals surface area contributed by atoms with Crippen molar-refractivity contribution in [2.75, 3.05) is 5.32 Å².